The van der Waals surface area contributed by atoms with Crippen molar-refractivity contribution in [1.29, 1.82) is 0 Å². The van der Waals surface area contributed by atoms with Crippen molar-refractivity contribution >= 4 is 34.0 Å². The van der Waals surface area contributed by atoms with Gasteiger partial charge in [-0.05, 0) is 36.7 Å². The quantitative estimate of drug-likeness (QED) is 0.784. The first-order valence-corrected chi connectivity index (χ1v) is 8.96. The summed E-state index contributed by atoms with van der Waals surface area (Å²) in [4.78, 5) is -0.230. The topological polar surface area (TPSA) is 63.4 Å². The van der Waals surface area contributed by atoms with E-state index in [0.29, 0.717) is 13.0 Å². The number of hydrogen-bond donors (Lipinski definition) is 1. The highest BCUT2D eigenvalue weighted by atomic mass is 35.5. The van der Waals surface area contributed by atoms with Gasteiger partial charge in [0.05, 0.1) is 5.02 Å². The Bertz CT molecular complexity index is 758. The summed E-state index contributed by atoms with van der Waals surface area (Å²) < 4.78 is 40.4. The molecule has 2 aromatic carbocycles. The predicted octanol–water partition coefficient (Wildman–Crippen LogP) is 3.44. The molecule has 0 atom stereocenters. The van der Waals surface area contributed by atoms with Crippen LogP contribution < -0.4 is 5.73 Å². The van der Waals surface area contributed by atoms with Crippen molar-refractivity contribution < 1.29 is 12.8 Å². The lowest BCUT2D eigenvalue weighted by molar-refractivity contribution is 0.401. The number of sulfonamides is 1. The van der Waals surface area contributed by atoms with E-state index in [2.05, 4.69) is 0 Å². The third-order valence-corrected chi connectivity index (χ3v) is 5.65. The van der Waals surface area contributed by atoms with Crippen molar-refractivity contribution in [3.63, 3.8) is 0 Å². The van der Waals surface area contributed by atoms with Crippen LogP contribution in [0.25, 0.3) is 0 Å². The van der Waals surface area contributed by atoms with E-state index >= 15 is 0 Å². The Morgan fingerprint density at radius 1 is 1.12 bits per heavy atom. The summed E-state index contributed by atoms with van der Waals surface area (Å²) in [5.41, 5.74) is 6.33. The molecule has 0 spiro atoms. The van der Waals surface area contributed by atoms with Gasteiger partial charge in [-0.25, -0.2) is 12.8 Å². The zero-order valence-corrected chi connectivity index (χ0v) is 15.2. The summed E-state index contributed by atoms with van der Waals surface area (Å²) in [6, 6.07) is 12.5. The first-order chi connectivity index (χ1) is 10.9. The fourth-order valence-corrected chi connectivity index (χ4v) is 4.11. The second kappa shape index (κ2) is 9.34. The van der Waals surface area contributed by atoms with Crippen LogP contribution in [0.3, 0.4) is 0 Å². The molecule has 2 aromatic rings. The second-order valence-corrected chi connectivity index (χ2v) is 7.35. The van der Waals surface area contributed by atoms with Gasteiger partial charge in [-0.2, -0.15) is 4.31 Å². The number of benzene rings is 2. The summed E-state index contributed by atoms with van der Waals surface area (Å²) in [6.07, 6.45) is 0.499. The van der Waals surface area contributed by atoms with Crippen molar-refractivity contribution in [2.75, 3.05) is 13.1 Å². The lowest BCUT2D eigenvalue weighted by Crippen LogP contribution is -2.33. The molecule has 0 unspecified atom stereocenters. The van der Waals surface area contributed by atoms with Crippen molar-refractivity contribution in [1.82, 2.24) is 4.31 Å². The van der Waals surface area contributed by atoms with Gasteiger partial charge >= 0.3 is 0 Å². The summed E-state index contributed by atoms with van der Waals surface area (Å²) in [6.45, 7) is 0.772. The van der Waals surface area contributed by atoms with Gasteiger partial charge < -0.3 is 5.73 Å². The average Bonchev–Trinajstić information content (AvgIpc) is 2.54. The molecule has 8 heteroatoms. The van der Waals surface area contributed by atoms with Gasteiger partial charge in [-0.15, -0.1) is 12.4 Å². The van der Waals surface area contributed by atoms with Crippen LogP contribution >= 0.6 is 24.0 Å². The number of halogens is 3. The van der Waals surface area contributed by atoms with E-state index in [-0.39, 0.29) is 35.4 Å². The Balaban J connectivity index is 0.00000288. The third-order valence-electron chi connectivity index (χ3n) is 3.32. The molecule has 0 aliphatic carbocycles. The predicted molar refractivity (Wildman–Crippen MR) is 96.4 cm³/mol. The average molecular weight is 393 g/mol. The van der Waals surface area contributed by atoms with Gasteiger partial charge in [0.1, 0.15) is 10.7 Å². The van der Waals surface area contributed by atoms with Gasteiger partial charge in [0.2, 0.25) is 10.0 Å². The molecule has 24 heavy (non-hydrogen) atoms. The maximum Gasteiger partial charge on any atom is 0.244 e. The van der Waals surface area contributed by atoms with Crippen LogP contribution in [-0.2, 0) is 16.6 Å². The Morgan fingerprint density at radius 2 is 1.79 bits per heavy atom. The third kappa shape index (κ3) is 5.16. The number of rotatable bonds is 7. The van der Waals surface area contributed by atoms with Gasteiger partial charge in [0.15, 0.2) is 0 Å². The van der Waals surface area contributed by atoms with E-state index in [4.69, 9.17) is 17.3 Å². The van der Waals surface area contributed by atoms with E-state index in [1.807, 2.05) is 30.3 Å². The molecule has 0 aromatic heterocycles. The highest BCUT2D eigenvalue weighted by Crippen LogP contribution is 2.26. The van der Waals surface area contributed by atoms with Gasteiger partial charge in [-0.1, -0.05) is 41.9 Å². The van der Waals surface area contributed by atoms with Crippen molar-refractivity contribution in [3.8, 4) is 0 Å². The minimum absolute atomic E-state index is 0. The molecular formula is C16H19Cl2FN2O2S. The molecule has 2 rings (SSSR count). The molecule has 132 valence electrons. The van der Waals surface area contributed by atoms with Gasteiger partial charge in [0, 0.05) is 13.1 Å². The minimum Gasteiger partial charge on any atom is -0.330 e. The van der Waals surface area contributed by atoms with Gasteiger partial charge in [-0.3, -0.25) is 0 Å². The molecule has 0 aliphatic heterocycles. The van der Waals surface area contributed by atoms with Crippen molar-refractivity contribution in [2.45, 2.75) is 17.9 Å². The molecule has 0 aliphatic rings. The van der Waals surface area contributed by atoms with Crippen LogP contribution in [0.15, 0.2) is 53.4 Å². The van der Waals surface area contributed by atoms with E-state index in [0.717, 1.165) is 17.7 Å². The number of nitrogens with zero attached hydrogens (tertiary/aromatic N) is 1. The Kier molecular flexibility index (Phi) is 8.12. The highest BCUT2D eigenvalue weighted by Gasteiger charge is 2.27. The molecule has 0 saturated carbocycles. The highest BCUT2D eigenvalue weighted by molar-refractivity contribution is 7.89. The summed E-state index contributed by atoms with van der Waals surface area (Å²) in [5, 5.41) is -0.00258. The Labute approximate surface area is 152 Å². The molecule has 0 fully saturated rings. The van der Waals surface area contributed by atoms with Crippen LogP contribution in [0, 0.1) is 5.82 Å². The number of hydrogen-bond acceptors (Lipinski definition) is 3. The Hall–Kier alpha value is -1.18. The van der Waals surface area contributed by atoms with E-state index in [1.54, 1.807) is 0 Å². The maximum absolute atomic E-state index is 13.5. The van der Waals surface area contributed by atoms with Crippen LogP contribution in [0.4, 0.5) is 4.39 Å². The fourth-order valence-electron chi connectivity index (χ4n) is 2.15. The summed E-state index contributed by atoms with van der Waals surface area (Å²) in [7, 11) is -3.92. The fraction of sp³-hybridized carbons (Fsp3) is 0.250. The maximum atomic E-state index is 13.5. The Morgan fingerprint density at radius 3 is 2.42 bits per heavy atom. The molecular weight excluding hydrogens is 374 g/mol. The van der Waals surface area contributed by atoms with E-state index < -0.39 is 15.8 Å². The monoisotopic (exact) mass is 392 g/mol. The van der Waals surface area contributed by atoms with Crippen molar-refractivity contribution in [3.05, 3.63) is 64.9 Å². The zero-order valence-electron chi connectivity index (χ0n) is 12.9. The SMILES string of the molecule is Cl.NCCCN(Cc1ccccc1)S(=O)(=O)c1cc(F)ccc1Cl. The lowest BCUT2D eigenvalue weighted by atomic mass is 10.2. The van der Waals surface area contributed by atoms with E-state index in [1.165, 1.54) is 10.4 Å². The number of nitrogens with two attached hydrogens (primary N) is 1. The van der Waals surface area contributed by atoms with Crippen LogP contribution in [0.1, 0.15) is 12.0 Å². The molecule has 0 amide bonds. The summed E-state index contributed by atoms with van der Waals surface area (Å²) in [5.74, 6) is -0.647. The van der Waals surface area contributed by atoms with Crippen LogP contribution in [-0.4, -0.2) is 25.8 Å². The van der Waals surface area contributed by atoms with E-state index in [9.17, 15) is 12.8 Å². The molecule has 0 radical (unpaired) electrons. The summed E-state index contributed by atoms with van der Waals surface area (Å²) >= 11 is 5.96. The molecule has 0 heterocycles. The lowest BCUT2D eigenvalue weighted by Gasteiger charge is -2.22. The minimum atomic E-state index is -3.92. The second-order valence-electron chi connectivity index (χ2n) is 5.04. The van der Waals surface area contributed by atoms with Crippen LogP contribution in [0.2, 0.25) is 5.02 Å². The smallest absolute Gasteiger partial charge is 0.244 e. The van der Waals surface area contributed by atoms with Crippen LogP contribution in [0.5, 0.6) is 0 Å². The normalized spacial score (nSPS) is 11.3. The zero-order chi connectivity index (χ0) is 16.9. The standard InChI is InChI=1S/C16H18ClFN2O2S.ClH/c17-15-8-7-14(18)11-16(15)23(21,22)20(10-4-9-19)12-13-5-2-1-3-6-13;/h1-3,5-8,11H,4,9-10,12,19H2;1H. The largest absolute Gasteiger partial charge is 0.330 e. The molecule has 0 bridgehead atoms. The first kappa shape index (κ1) is 20.9. The molecule has 4 nitrogen and oxygen atoms in total. The van der Waals surface area contributed by atoms with Crippen molar-refractivity contribution in [2.24, 2.45) is 5.73 Å². The molecule has 2 N–H and O–H groups in total. The first-order valence-electron chi connectivity index (χ1n) is 7.14. The van der Waals surface area contributed by atoms with Gasteiger partial charge in [0.25, 0.3) is 0 Å². The molecule has 0 saturated heterocycles.